The Labute approximate surface area is 544 Å². The summed E-state index contributed by atoms with van der Waals surface area (Å²) in [4.78, 5) is 4.26. The number of thiophene rings is 3. The Kier molecular flexibility index (Phi) is 22.1. The standard InChI is InChI=1S/C75H93I3S3/c1-7-13-19-25-43-73(44-26-20-14-8-2)58-49-52(61-37-40-64(76)79-61)31-34-55(58)67-70(73)68-56-35-32-53(62-38-41-65(77)80-62)50-59(56)74(45-27-21-15-9-3,46-28-22-16-10-4)72(68)69-57-36-33-54(63-39-42-66(78)81-63)51-60(57)75(71(67)69,47-29-23-17-11-5)48-30-24-18-12-6/h31-42,49-51H,7-30,43-48H2,1-6H3. The number of hydrogen-bond acceptors (Lipinski definition) is 3. The van der Waals surface area contributed by atoms with Crippen LogP contribution in [0.1, 0.15) is 268 Å². The molecule has 3 aliphatic rings. The van der Waals surface area contributed by atoms with Crippen molar-refractivity contribution in [3.05, 3.63) is 133 Å². The maximum absolute atomic E-state index is 2.80. The van der Waals surface area contributed by atoms with Gasteiger partial charge in [0.15, 0.2) is 0 Å². The van der Waals surface area contributed by atoms with E-state index < -0.39 is 0 Å². The van der Waals surface area contributed by atoms with Crippen molar-refractivity contribution in [3.8, 4) is 64.7 Å². The average molecular weight is 1470 g/mol. The van der Waals surface area contributed by atoms with Gasteiger partial charge in [-0.15, -0.1) is 34.0 Å². The van der Waals surface area contributed by atoms with Crippen molar-refractivity contribution in [2.24, 2.45) is 0 Å². The van der Waals surface area contributed by atoms with Crippen molar-refractivity contribution in [2.45, 2.75) is 250 Å². The molecule has 0 amide bonds. The largest absolute Gasteiger partial charge is 0.129 e. The first-order chi connectivity index (χ1) is 39.6. The van der Waals surface area contributed by atoms with Gasteiger partial charge >= 0.3 is 0 Å². The van der Waals surface area contributed by atoms with Crippen LogP contribution in [0.5, 0.6) is 0 Å². The molecule has 3 heterocycles. The van der Waals surface area contributed by atoms with Crippen molar-refractivity contribution in [2.75, 3.05) is 0 Å². The second-order valence-corrected chi connectivity index (χ2v) is 33.9. The van der Waals surface area contributed by atoms with Gasteiger partial charge in [0.05, 0.1) is 8.65 Å². The number of halogens is 3. The van der Waals surface area contributed by atoms with E-state index in [0.29, 0.717) is 0 Å². The van der Waals surface area contributed by atoms with E-state index in [1.54, 1.807) is 66.8 Å². The Bertz CT molecular complexity index is 2820. The van der Waals surface area contributed by atoms with Crippen molar-refractivity contribution in [1.29, 1.82) is 0 Å². The molecule has 0 aliphatic heterocycles. The van der Waals surface area contributed by atoms with E-state index >= 15 is 0 Å². The topological polar surface area (TPSA) is 0 Å². The van der Waals surface area contributed by atoms with Gasteiger partial charge in [0.2, 0.25) is 0 Å². The third kappa shape index (κ3) is 12.5. The van der Waals surface area contributed by atoms with Gasteiger partial charge in [-0.1, -0.05) is 232 Å². The Balaban J connectivity index is 1.41. The smallest absolute Gasteiger partial charge is 0.0660 e. The molecule has 0 unspecified atom stereocenters. The SMILES string of the molecule is CCCCCCC1(CCCCCC)c2cc(-c3ccc(I)s3)ccc2-c2c1c1c(c3c2C(CCCCCC)(CCCCCC)c2cc(-c4ccc(I)s4)ccc2-3)C(CCCCCC)(CCCCCC)c2cc(-c3ccc(I)s3)ccc2-1. The predicted octanol–water partition coefficient (Wildman–Crippen LogP) is 27.3. The van der Waals surface area contributed by atoms with E-state index in [2.05, 4.69) is 200 Å². The Morgan fingerprint density at radius 3 is 0.716 bits per heavy atom. The fourth-order valence-electron chi connectivity index (χ4n) is 15.8. The van der Waals surface area contributed by atoms with Gasteiger partial charge in [-0.3, -0.25) is 0 Å². The fourth-order valence-corrected chi connectivity index (χ4v) is 20.7. The molecule has 10 rings (SSSR count). The summed E-state index contributed by atoms with van der Waals surface area (Å²) >= 11 is 13.6. The quantitative estimate of drug-likeness (QED) is 0.0284. The third-order valence-electron chi connectivity index (χ3n) is 19.7. The second-order valence-electron chi connectivity index (χ2n) is 25.0. The normalized spacial score (nSPS) is 14.8. The summed E-state index contributed by atoms with van der Waals surface area (Å²) in [5, 5.41) is 0. The summed E-state index contributed by atoms with van der Waals surface area (Å²) in [6.45, 7) is 14.5. The number of rotatable bonds is 33. The molecule has 6 heteroatoms. The zero-order valence-electron chi connectivity index (χ0n) is 50.2. The molecular formula is C75H93I3S3. The monoisotopic (exact) mass is 1470 g/mol. The predicted molar refractivity (Wildman–Crippen MR) is 386 cm³/mol. The fraction of sp³-hybridized carbons (Fsp3) is 0.520. The number of fused-ring (bicyclic) bond motifs is 12. The van der Waals surface area contributed by atoms with Crippen LogP contribution in [0.2, 0.25) is 0 Å². The highest BCUT2D eigenvalue weighted by Crippen LogP contribution is 2.72. The van der Waals surface area contributed by atoms with Gasteiger partial charge < -0.3 is 0 Å². The lowest BCUT2D eigenvalue weighted by Crippen LogP contribution is -2.31. The molecule has 0 N–H and O–H groups in total. The lowest BCUT2D eigenvalue weighted by Gasteiger charge is -2.40. The van der Waals surface area contributed by atoms with Gasteiger partial charge in [-0.2, -0.15) is 0 Å². The number of hydrogen-bond donors (Lipinski definition) is 0. The Morgan fingerprint density at radius 2 is 0.519 bits per heavy atom. The molecule has 0 saturated heterocycles. The Hall–Kier alpha value is -1.83. The first-order valence-corrected chi connectivity index (χ1v) is 38.3. The van der Waals surface area contributed by atoms with E-state index in [1.165, 1.54) is 233 Å². The molecule has 0 fully saturated rings. The lowest BCUT2D eigenvalue weighted by molar-refractivity contribution is 0.389. The summed E-state index contributed by atoms with van der Waals surface area (Å²) in [5.41, 5.74) is 24.2. The minimum absolute atomic E-state index is 0.101. The van der Waals surface area contributed by atoms with Gasteiger partial charge in [0.25, 0.3) is 0 Å². The van der Waals surface area contributed by atoms with Crippen LogP contribution in [0.3, 0.4) is 0 Å². The van der Waals surface area contributed by atoms with Crippen LogP contribution in [0.4, 0.5) is 0 Å². The van der Waals surface area contributed by atoms with Gasteiger partial charge in [0, 0.05) is 30.9 Å². The van der Waals surface area contributed by atoms with E-state index in [4.69, 9.17) is 0 Å². The minimum atomic E-state index is -0.101. The zero-order chi connectivity index (χ0) is 56.6. The molecule has 3 aliphatic carbocycles. The van der Waals surface area contributed by atoms with Crippen LogP contribution >= 0.6 is 102 Å². The average Bonchev–Trinajstić information content (AvgIpc) is 1.62. The summed E-state index contributed by atoms with van der Waals surface area (Å²) in [7, 11) is 0. The zero-order valence-corrected chi connectivity index (χ0v) is 59.2. The molecule has 4 aromatic carbocycles. The van der Waals surface area contributed by atoms with Gasteiger partial charge in [0.1, 0.15) is 0 Å². The summed E-state index contributed by atoms with van der Waals surface area (Å²) in [6.07, 6.45) is 38.3. The maximum Gasteiger partial charge on any atom is 0.0660 e. The molecule has 0 nitrogen and oxygen atoms in total. The van der Waals surface area contributed by atoms with E-state index in [9.17, 15) is 0 Å². The van der Waals surface area contributed by atoms with E-state index in [-0.39, 0.29) is 16.2 Å². The lowest BCUT2D eigenvalue weighted by atomic mass is 9.63. The molecule has 0 radical (unpaired) electrons. The van der Waals surface area contributed by atoms with Crippen LogP contribution < -0.4 is 0 Å². The van der Waals surface area contributed by atoms with Crippen LogP contribution in [0, 0.1) is 8.65 Å². The maximum atomic E-state index is 2.80. The van der Waals surface area contributed by atoms with Crippen LogP contribution in [0.15, 0.2) is 91.0 Å². The molecule has 0 atom stereocenters. The third-order valence-corrected chi connectivity index (χ3v) is 25.5. The minimum Gasteiger partial charge on any atom is -0.129 e. The molecule has 432 valence electrons. The van der Waals surface area contributed by atoms with Crippen molar-refractivity contribution >= 4 is 102 Å². The van der Waals surface area contributed by atoms with Crippen LogP contribution in [-0.2, 0) is 16.2 Å². The first kappa shape index (κ1) is 62.2. The van der Waals surface area contributed by atoms with Crippen LogP contribution in [0.25, 0.3) is 64.7 Å². The number of benzene rings is 4. The highest BCUT2D eigenvalue weighted by molar-refractivity contribution is 14.1. The molecule has 7 aromatic rings. The summed E-state index contributed by atoms with van der Waals surface area (Å²) in [6, 6.07) is 38.6. The number of unbranched alkanes of at least 4 members (excludes halogenated alkanes) is 18. The summed E-state index contributed by atoms with van der Waals surface area (Å²) in [5.74, 6) is 0. The molecule has 0 bridgehead atoms. The molecular weight excluding hydrogens is 1380 g/mol. The van der Waals surface area contributed by atoms with E-state index in [0.717, 1.165) is 0 Å². The van der Waals surface area contributed by atoms with Gasteiger partial charge in [-0.25, -0.2) is 0 Å². The highest BCUT2D eigenvalue weighted by atomic mass is 127. The van der Waals surface area contributed by atoms with E-state index in [1.807, 2.05) is 34.0 Å². The van der Waals surface area contributed by atoms with Crippen molar-refractivity contribution in [1.82, 2.24) is 0 Å². The molecule has 0 saturated carbocycles. The second kappa shape index (κ2) is 28.8. The van der Waals surface area contributed by atoms with Crippen molar-refractivity contribution < 1.29 is 0 Å². The summed E-state index contributed by atoms with van der Waals surface area (Å²) < 4.78 is 4.13. The Morgan fingerprint density at radius 1 is 0.284 bits per heavy atom. The van der Waals surface area contributed by atoms with Crippen LogP contribution in [-0.4, -0.2) is 0 Å². The highest BCUT2D eigenvalue weighted by Gasteiger charge is 2.58. The first-order valence-electron chi connectivity index (χ1n) is 32.6. The molecule has 3 aromatic heterocycles. The van der Waals surface area contributed by atoms with Crippen molar-refractivity contribution in [3.63, 3.8) is 0 Å². The molecule has 81 heavy (non-hydrogen) atoms. The molecule has 0 spiro atoms. The van der Waals surface area contributed by atoms with Gasteiger partial charge in [-0.05, 0) is 244 Å².